The largest absolute Gasteiger partial charge is 0.508 e. The molecule has 2 aromatic carbocycles. The number of fused-ring (bicyclic) bond motifs is 3. The maximum Gasteiger partial charge on any atom is 0.319 e. The zero-order valence-electron chi connectivity index (χ0n) is 39.6. The summed E-state index contributed by atoms with van der Waals surface area (Å²) in [7, 11) is -2.43. The lowest BCUT2D eigenvalue weighted by Gasteiger charge is -2.40. The Morgan fingerprint density at radius 1 is 1.08 bits per heavy atom. The average molecular weight is 833 g/mol. The molecule has 7 rings (SSSR count). The predicted molar refractivity (Wildman–Crippen MR) is 228 cm³/mol. The Labute approximate surface area is 352 Å². The molecular formula is C46H53F4N5O3Si. The number of pyridine rings is 1. The molecule has 4 heterocycles. The maximum atomic E-state index is 17.9. The first-order chi connectivity index (χ1) is 30.0. The number of phenolic OH excluding ortho intramolecular Hbond substituents is 1. The molecule has 0 amide bonds. The van der Waals surface area contributed by atoms with Gasteiger partial charge in [0.05, 0.1) is 39.3 Å². The Morgan fingerprint density at radius 3 is 2.51 bits per heavy atom. The van der Waals surface area contributed by atoms with Crippen LogP contribution in [0.2, 0.25) is 16.6 Å². The van der Waals surface area contributed by atoms with Gasteiger partial charge in [-0.3, -0.25) is 0 Å². The van der Waals surface area contributed by atoms with Crippen molar-refractivity contribution in [3.63, 3.8) is 0 Å². The number of nitrogens with zero attached hydrogens (tertiary/aromatic N) is 5. The summed E-state index contributed by atoms with van der Waals surface area (Å²) in [5.74, 6) is 6.21. The molecule has 2 aliphatic heterocycles. The van der Waals surface area contributed by atoms with Gasteiger partial charge in [-0.15, -0.1) is 5.54 Å². The molecule has 4 atom stereocenters. The molecule has 13 heteroatoms. The van der Waals surface area contributed by atoms with Crippen LogP contribution < -0.4 is 9.64 Å². The van der Waals surface area contributed by atoms with E-state index in [2.05, 4.69) is 74.8 Å². The van der Waals surface area contributed by atoms with Gasteiger partial charge in [-0.25, -0.2) is 22.5 Å². The molecule has 0 unspecified atom stereocenters. The first-order valence-electron chi connectivity index (χ1n) is 22.6. The lowest BCUT2D eigenvalue weighted by atomic mass is 9.78. The number of alkyl halides is 1. The Hall–Kier alpha value is -4.69. The third-order valence-electron chi connectivity index (χ3n) is 12.4. The van der Waals surface area contributed by atoms with Gasteiger partial charge in [-0.2, -0.15) is 9.97 Å². The van der Waals surface area contributed by atoms with Crippen LogP contribution in [0.4, 0.5) is 23.4 Å². The van der Waals surface area contributed by atoms with E-state index in [4.69, 9.17) is 18.6 Å². The molecule has 3 aliphatic rings. The second kappa shape index (κ2) is 16.4. The molecule has 59 heavy (non-hydrogen) atoms. The van der Waals surface area contributed by atoms with Crippen molar-refractivity contribution < 1.29 is 39.0 Å². The smallest absolute Gasteiger partial charge is 0.319 e. The Balaban J connectivity index is 1.52. The molecule has 0 bridgehead atoms. The molecule has 0 spiro atoms. The average Bonchev–Trinajstić information content (AvgIpc) is 3.91. The van der Waals surface area contributed by atoms with E-state index in [-0.39, 0.29) is 100 Å². The molecule has 2 saturated heterocycles. The molecule has 1 N–H and O–H groups in total. The fourth-order valence-corrected chi connectivity index (χ4v) is 14.5. The monoisotopic (exact) mass is 832 g/mol. The third-order valence-corrected chi connectivity index (χ3v) is 18.7. The number of benzene rings is 2. The van der Waals surface area contributed by atoms with Crippen LogP contribution in [0.25, 0.3) is 32.9 Å². The van der Waals surface area contributed by atoms with E-state index in [9.17, 15) is 12.2 Å². The number of aromatic nitrogens is 3. The lowest BCUT2D eigenvalue weighted by molar-refractivity contribution is 0.109. The highest BCUT2D eigenvalue weighted by atomic mass is 28.3. The zero-order valence-corrected chi connectivity index (χ0v) is 35.6. The quantitative estimate of drug-likeness (QED) is 0.107. The second-order valence-electron chi connectivity index (χ2n) is 16.9. The van der Waals surface area contributed by atoms with Crippen LogP contribution in [0, 0.1) is 46.3 Å². The Kier molecular flexibility index (Phi) is 10.1. The van der Waals surface area contributed by atoms with Crippen molar-refractivity contribution in [3.05, 3.63) is 59.1 Å². The molecule has 3 fully saturated rings. The van der Waals surface area contributed by atoms with Crippen LogP contribution >= 0.6 is 0 Å². The number of anilines is 1. The highest BCUT2D eigenvalue weighted by molar-refractivity contribution is 6.90. The summed E-state index contributed by atoms with van der Waals surface area (Å²) in [4.78, 5) is 16.4. The molecule has 1 aliphatic carbocycles. The van der Waals surface area contributed by atoms with Gasteiger partial charge in [-0.05, 0) is 72.0 Å². The fourth-order valence-electron chi connectivity index (χ4n) is 9.32. The minimum Gasteiger partial charge on any atom is -0.508 e. The number of phenols is 1. The van der Waals surface area contributed by atoms with Gasteiger partial charge in [0.1, 0.15) is 55.1 Å². The number of rotatable bonds is 8. The second-order valence-corrected chi connectivity index (χ2v) is 22.5. The minimum absolute atomic E-state index is 0.0155. The van der Waals surface area contributed by atoms with E-state index in [1.54, 1.807) is 4.90 Å². The first kappa shape index (κ1) is 36.2. The van der Waals surface area contributed by atoms with Crippen molar-refractivity contribution in [2.75, 3.05) is 51.3 Å². The summed E-state index contributed by atoms with van der Waals surface area (Å²) >= 11 is 0. The highest BCUT2D eigenvalue weighted by Gasteiger charge is 2.56. The van der Waals surface area contributed by atoms with Crippen molar-refractivity contribution in [2.45, 2.75) is 90.6 Å². The van der Waals surface area contributed by atoms with Gasteiger partial charge in [0, 0.05) is 46.0 Å². The number of likely N-dealkylation sites (tertiary alicyclic amines) is 1. The SMILES string of the molecule is [2H]C([2H])([2H])N1CC/C(=C\F)[C@](C)(C([2H])([2H])Oc2nc(N3CCOC[C@H]4[C@H](F)[C@H]43)c3c(C#CC)nc(-c4cc(O)cc5ccc(F)c(C#C[Si](C(C)C)(C(C)C)C(C)C)c45)c(F)c3n2)C1. The van der Waals surface area contributed by atoms with E-state index >= 15 is 13.2 Å². The normalized spacial score (nSPS) is 24.7. The van der Waals surface area contributed by atoms with Crippen LogP contribution in [0.1, 0.15) is 79.9 Å². The van der Waals surface area contributed by atoms with Gasteiger partial charge in [0.15, 0.2) is 5.82 Å². The van der Waals surface area contributed by atoms with Gasteiger partial charge in [0.2, 0.25) is 0 Å². The number of halogens is 4. The van der Waals surface area contributed by atoms with Crippen LogP contribution in [-0.4, -0.2) is 91.6 Å². The van der Waals surface area contributed by atoms with Gasteiger partial charge in [-0.1, -0.05) is 66.4 Å². The number of piperidine rings is 1. The minimum atomic E-state index is -2.92. The molecule has 4 aromatic rings. The molecule has 2 aromatic heterocycles. The van der Waals surface area contributed by atoms with Gasteiger partial charge >= 0.3 is 6.01 Å². The van der Waals surface area contributed by atoms with Crippen LogP contribution in [0.15, 0.2) is 36.2 Å². The molecular weight excluding hydrogens is 775 g/mol. The van der Waals surface area contributed by atoms with Crippen molar-refractivity contribution in [1.82, 2.24) is 19.9 Å². The van der Waals surface area contributed by atoms with E-state index in [0.29, 0.717) is 5.39 Å². The lowest BCUT2D eigenvalue weighted by Crippen LogP contribution is -2.44. The van der Waals surface area contributed by atoms with Crippen molar-refractivity contribution in [1.29, 1.82) is 0 Å². The summed E-state index contributed by atoms with van der Waals surface area (Å²) in [6.45, 7) is 9.84. The van der Waals surface area contributed by atoms with Crippen molar-refractivity contribution >= 4 is 35.6 Å². The van der Waals surface area contributed by atoms with Crippen molar-refractivity contribution in [2.24, 2.45) is 11.3 Å². The predicted octanol–water partition coefficient (Wildman–Crippen LogP) is 9.52. The zero-order chi connectivity index (χ0) is 46.8. The van der Waals surface area contributed by atoms with E-state index in [1.165, 1.54) is 38.1 Å². The maximum absolute atomic E-state index is 17.9. The number of hydrogen-bond donors (Lipinski definition) is 1. The summed E-state index contributed by atoms with van der Waals surface area (Å²) in [6, 6.07) is 3.88. The molecule has 0 radical (unpaired) electrons. The standard InChI is InChI=1S/C46H53F4N5O3Si/c1-10-11-36-38-42(52-45(58-25-46(8)24-54(9)16-14-30(46)22-47)53-44(38)55-17-18-57-23-34-39(49)43(34)55)40(50)41(51-36)33-21-31(56)20-29-12-13-35(48)32(37(29)33)15-19-59(26(2)3,27(4)5)28(6)7/h12-13,20-22,26-28,34,39,43,56H,14,16-18,23-25H2,1-9H3/b30-22+/t34-,39-,43-,46-/m0/s1/i9D3,25D2. The Morgan fingerprint density at radius 2 is 1.83 bits per heavy atom. The third kappa shape index (κ3) is 7.55. The van der Waals surface area contributed by atoms with E-state index < -0.39 is 80.6 Å². The Bertz CT molecular complexity index is 2640. The summed E-state index contributed by atoms with van der Waals surface area (Å²) in [6.07, 6.45) is -1.24. The number of ether oxygens (including phenoxy) is 2. The topological polar surface area (TPSA) is 83.8 Å². The van der Waals surface area contributed by atoms with Crippen LogP contribution in [0.5, 0.6) is 11.8 Å². The van der Waals surface area contributed by atoms with Crippen molar-refractivity contribution in [3.8, 4) is 46.3 Å². The number of aromatic hydroxyl groups is 1. The first-order valence-corrected chi connectivity index (χ1v) is 22.3. The van der Waals surface area contributed by atoms with Gasteiger partial charge < -0.3 is 24.4 Å². The molecule has 312 valence electrons. The van der Waals surface area contributed by atoms with Crippen LogP contribution in [-0.2, 0) is 4.74 Å². The molecule has 8 nitrogen and oxygen atoms in total. The van der Waals surface area contributed by atoms with E-state index in [1.807, 2.05) is 0 Å². The van der Waals surface area contributed by atoms with E-state index in [0.717, 1.165) is 4.90 Å². The molecule has 1 saturated carbocycles. The fraction of sp³-hybridized carbons (Fsp3) is 0.500. The van der Waals surface area contributed by atoms with Gasteiger partial charge in [0.25, 0.3) is 0 Å². The summed E-state index contributed by atoms with van der Waals surface area (Å²) in [5.41, 5.74) is 1.24. The summed E-state index contributed by atoms with van der Waals surface area (Å²) < 4.78 is 118. The highest BCUT2D eigenvalue weighted by Crippen LogP contribution is 2.47. The number of hydrogen-bond acceptors (Lipinski definition) is 8. The summed E-state index contributed by atoms with van der Waals surface area (Å²) in [5, 5.41) is 11.6. The van der Waals surface area contributed by atoms with Crippen LogP contribution in [0.3, 0.4) is 0 Å².